The molecule has 0 aromatic heterocycles. The van der Waals surface area contributed by atoms with Crippen LogP contribution in [0.4, 0.5) is 18.9 Å². The van der Waals surface area contributed by atoms with Crippen molar-refractivity contribution in [2.75, 3.05) is 18.4 Å². The molecular weight excluding hydrogens is 389 g/mol. The Bertz CT molecular complexity index is 653. The maximum absolute atomic E-state index is 12.8. The van der Waals surface area contributed by atoms with E-state index in [0.29, 0.717) is 25.9 Å². The van der Waals surface area contributed by atoms with E-state index in [1.54, 1.807) is 4.90 Å². The maximum atomic E-state index is 12.8. The normalized spacial score (nSPS) is 15.9. The molecule has 8 heteroatoms. The number of anilines is 1. The summed E-state index contributed by atoms with van der Waals surface area (Å²) in [5, 5.41) is 2.53. The highest BCUT2D eigenvalue weighted by Crippen LogP contribution is 2.33. The van der Waals surface area contributed by atoms with Crippen molar-refractivity contribution in [1.82, 2.24) is 4.90 Å². The molecule has 1 aromatic carbocycles. The standard InChI is InChI=1S/C16H16BrF3N2O2/c1-2-14(23)22-5-3-10(4-6-22)15(24)21-13-8-11(16(18,19)20)7-12(17)9-13/h2,7-10H,1,3-6H2,(H,21,24). The minimum Gasteiger partial charge on any atom is -0.339 e. The van der Waals surface area contributed by atoms with E-state index < -0.39 is 11.7 Å². The molecule has 4 nitrogen and oxygen atoms in total. The summed E-state index contributed by atoms with van der Waals surface area (Å²) in [7, 11) is 0. The highest BCUT2D eigenvalue weighted by atomic mass is 79.9. The lowest BCUT2D eigenvalue weighted by Crippen LogP contribution is -2.40. The molecule has 1 saturated heterocycles. The van der Waals surface area contributed by atoms with Gasteiger partial charge in [0.15, 0.2) is 0 Å². The predicted molar refractivity (Wildman–Crippen MR) is 87.3 cm³/mol. The van der Waals surface area contributed by atoms with Crippen LogP contribution in [0.15, 0.2) is 35.3 Å². The largest absolute Gasteiger partial charge is 0.416 e. The lowest BCUT2D eigenvalue weighted by molar-refractivity contribution is -0.137. The van der Waals surface area contributed by atoms with Crippen LogP contribution in [0, 0.1) is 5.92 Å². The van der Waals surface area contributed by atoms with E-state index in [2.05, 4.69) is 27.8 Å². The lowest BCUT2D eigenvalue weighted by atomic mass is 9.95. The van der Waals surface area contributed by atoms with E-state index in [-0.39, 0.29) is 27.9 Å². The zero-order chi connectivity index (χ0) is 17.9. The number of hydrogen-bond donors (Lipinski definition) is 1. The molecule has 1 aromatic rings. The number of halogens is 4. The zero-order valence-corrected chi connectivity index (χ0v) is 14.3. The van der Waals surface area contributed by atoms with Crippen molar-refractivity contribution in [2.45, 2.75) is 19.0 Å². The Morgan fingerprint density at radius 1 is 1.25 bits per heavy atom. The van der Waals surface area contributed by atoms with E-state index >= 15 is 0 Å². The molecule has 24 heavy (non-hydrogen) atoms. The molecule has 0 radical (unpaired) electrons. The van der Waals surface area contributed by atoms with Gasteiger partial charge in [0, 0.05) is 29.2 Å². The van der Waals surface area contributed by atoms with Crippen molar-refractivity contribution in [1.29, 1.82) is 0 Å². The van der Waals surface area contributed by atoms with E-state index in [9.17, 15) is 22.8 Å². The summed E-state index contributed by atoms with van der Waals surface area (Å²) in [5.41, 5.74) is -0.745. The fraction of sp³-hybridized carbons (Fsp3) is 0.375. The minimum atomic E-state index is -4.49. The Kier molecular flexibility index (Phi) is 5.69. The molecule has 0 unspecified atom stereocenters. The molecule has 2 amide bonds. The number of alkyl halides is 3. The van der Waals surface area contributed by atoms with Crippen LogP contribution in [0.25, 0.3) is 0 Å². The number of nitrogens with one attached hydrogen (secondary N) is 1. The van der Waals surface area contributed by atoms with E-state index in [4.69, 9.17) is 0 Å². The maximum Gasteiger partial charge on any atom is 0.416 e. The van der Waals surface area contributed by atoms with Crippen molar-refractivity contribution >= 4 is 33.4 Å². The molecule has 2 rings (SSSR count). The van der Waals surface area contributed by atoms with Crippen LogP contribution in [0.3, 0.4) is 0 Å². The van der Waals surface area contributed by atoms with Crippen molar-refractivity contribution < 1.29 is 22.8 Å². The van der Waals surface area contributed by atoms with Crippen molar-refractivity contribution in [3.63, 3.8) is 0 Å². The average molecular weight is 405 g/mol. The monoisotopic (exact) mass is 404 g/mol. The van der Waals surface area contributed by atoms with Gasteiger partial charge >= 0.3 is 6.18 Å². The lowest BCUT2D eigenvalue weighted by Gasteiger charge is -2.30. The predicted octanol–water partition coefficient (Wildman–Crippen LogP) is 3.83. The molecule has 0 bridgehead atoms. The molecule has 0 atom stereocenters. The van der Waals surface area contributed by atoms with Gasteiger partial charge in [-0.2, -0.15) is 13.2 Å². The zero-order valence-electron chi connectivity index (χ0n) is 12.7. The fourth-order valence-electron chi connectivity index (χ4n) is 2.56. The number of rotatable bonds is 3. The van der Waals surface area contributed by atoms with Gasteiger partial charge in [-0.1, -0.05) is 22.5 Å². The number of hydrogen-bond acceptors (Lipinski definition) is 2. The number of likely N-dealkylation sites (tertiary alicyclic amines) is 1. The van der Waals surface area contributed by atoms with Gasteiger partial charge in [-0.25, -0.2) is 0 Å². The second kappa shape index (κ2) is 7.38. The molecule has 0 aliphatic carbocycles. The third-order valence-corrected chi connectivity index (χ3v) is 4.30. The van der Waals surface area contributed by atoms with Crippen molar-refractivity contribution in [3.8, 4) is 0 Å². The summed E-state index contributed by atoms with van der Waals surface area (Å²) in [6.45, 7) is 4.27. The highest BCUT2D eigenvalue weighted by molar-refractivity contribution is 9.10. The Morgan fingerprint density at radius 2 is 1.88 bits per heavy atom. The van der Waals surface area contributed by atoms with Gasteiger partial charge in [-0.15, -0.1) is 0 Å². The van der Waals surface area contributed by atoms with Crippen LogP contribution >= 0.6 is 15.9 Å². The summed E-state index contributed by atoms with van der Waals surface area (Å²) in [6, 6.07) is 3.28. The first-order valence-corrected chi connectivity index (χ1v) is 8.10. The van der Waals surface area contributed by atoms with Crippen LogP contribution < -0.4 is 5.32 Å². The molecule has 0 saturated carbocycles. The third-order valence-electron chi connectivity index (χ3n) is 3.84. The number of piperidine rings is 1. The number of carbonyl (C=O) groups is 2. The van der Waals surface area contributed by atoms with Gasteiger partial charge in [0.25, 0.3) is 0 Å². The van der Waals surface area contributed by atoms with Crippen molar-refractivity contribution in [3.05, 3.63) is 40.9 Å². The first-order valence-electron chi connectivity index (χ1n) is 7.30. The van der Waals surface area contributed by atoms with Crippen LogP contribution in [0.5, 0.6) is 0 Å². The third kappa shape index (κ3) is 4.59. The molecule has 1 heterocycles. The van der Waals surface area contributed by atoms with Gasteiger partial charge < -0.3 is 10.2 Å². The van der Waals surface area contributed by atoms with Crippen LogP contribution in [-0.2, 0) is 15.8 Å². The quantitative estimate of drug-likeness (QED) is 0.778. The average Bonchev–Trinajstić information content (AvgIpc) is 2.53. The second-order valence-corrected chi connectivity index (χ2v) is 6.43. The smallest absolute Gasteiger partial charge is 0.339 e. The number of carbonyl (C=O) groups excluding carboxylic acids is 2. The van der Waals surface area contributed by atoms with Gasteiger partial charge in [-0.05, 0) is 37.1 Å². The van der Waals surface area contributed by atoms with Gasteiger partial charge in [0.1, 0.15) is 0 Å². The summed E-state index contributed by atoms with van der Waals surface area (Å²) in [4.78, 5) is 25.3. The van der Waals surface area contributed by atoms with E-state index in [1.165, 1.54) is 12.1 Å². The number of amides is 2. The Morgan fingerprint density at radius 3 is 2.42 bits per heavy atom. The molecule has 1 fully saturated rings. The summed E-state index contributed by atoms with van der Waals surface area (Å²) < 4.78 is 38.7. The molecular formula is C16H16BrF3N2O2. The second-order valence-electron chi connectivity index (χ2n) is 5.52. The first-order chi connectivity index (χ1) is 11.2. The SMILES string of the molecule is C=CC(=O)N1CCC(C(=O)Nc2cc(Br)cc(C(F)(F)F)c2)CC1. The van der Waals surface area contributed by atoms with Gasteiger partial charge in [-0.3, -0.25) is 9.59 Å². The Labute approximate surface area is 145 Å². The van der Waals surface area contributed by atoms with Gasteiger partial charge in [0.05, 0.1) is 5.56 Å². The van der Waals surface area contributed by atoms with Gasteiger partial charge in [0.2, 0.25) is 11.8 Å². The minimum absolute atomic E-state index is 0.0892. The fourth-order valence-corrected chi connectivity index (χ4v) is 3.05. The molecule has 1 aliphatic heterocycles. The summed E-state index contributed by atoms with van der Waals surface area (Å²) >= 11 is 3.02. The number of nitrogens with zero attached hydrogens (tertiary/aromatic N) is 1. The Balaban J connectivity index is 2.02. The van der Waals surface area contributed by atoms with E-state index in [0.717, 1.165) is 12.1 Å². The van der Waals surface area contributed by atoms with Crippen LogP contribution in [0.1, 0.15) is 18.4 Å². The van der Waals surface area contributed by atoms with Crippen LogP contribution in [-0.4, -0.2) is 29.8 Å². The topological polar surface area (TPSA) is 49.4 Å². The first kappa shape index (κ1) is 18.5. The Hall–Kier alpha value is -1.83. The number of benzene rings is 1. The molecule has 1 N–H and O–H groups in total. The summed E-state index contributed by atoms with van der Waals surface area (Å²) in [5.74, 6) is -0.866. The molecule has 0 spiro atoms. The van der Waals surface area contributed by atoms with Crippen molar-refractivity contribution in [2.24, 2.45) is 5.92 Å². The van der Waals surface area contributed by atoms with E-state index in [1.807, 2.05) is 0 Å². The molecule has 1 aliphatic rings. The summed E-state index contributed by atoms with van der Waals surface area (Å²) in [6.07, 6.45) is -2.34. The molecule has 130 valence electrons. The van der Waals surface area contributed by atoms with Crippen LogP contribution in [0.2, 0.25) is 0 Å². The highest BCUT2D eigenvalue weighted by Gasteiger charge is 2.32.